The number of aliphatic hydroxyl groups excluding tert-OH is 1. The molecular weight excluding hydrogens is 284 g/mol. The van der Waals surface area contributed by atoms with Crippen LogP contribution in [-0.2, 0) is 6.54 Å². The zero-order valence-corrected chi connectivity index (χ0v) is 13.9. The van der Waals surface area contributed by atoms with Crippen LogP contribution in [0.5, 0.6) is 0 Å². The molecule has 0 bridgehead atoms. The van der Waals surface area contributed by atoms with Gasteiger partial charge in [-0.15, -0.1) is 0 Å². The molecule has 4 heteroatoms. The second-order valence-electron chi connectivity index (χ2n) is 6.41. The zero-order chi connectivity index (χ0) is 15.2. The number of hydrogen-bond donors (Lipinski definition) is 2. The van der Waals surface area contributed by atoms with Crippen molar-refractivity contribution in [2.24, 2.45) is 11.8 Å². The fraction of sp³-hybridized carbons (Fsp3) is 0.647. The second kappa shape index (κ2) is 8.02. The Morgan fingerprint density at radius 3 is 2.62 bits per heavy atom. The Kier molecular flexibility index (Phi) is 6.34. The summed E-state index contributed by atoms with van der Waals surface area (Å²) in [5, 5.41) is 13.5. The molecule has 1 aromatic carbocycles. The largest absolute Gasteiger partial charge is 0.396 e. The number of piperidine rings is 1. The number of nitrogens with zero attached hydrogens (tertiary/aromatic N) is 1. The van der Waals surface area contributed by atoms with Crippen LogP contribution < -0.4 is 10.2 Å². The highest BCUT2D eigenvalue weighted by molar-refractivity contribution is 6.31. The monoisotopic (exact) mass is 310 g/mol. The molecule has 0 aliphatic carbocycles. The van der Waals surface area contributed by atoms with Gasteiger partial charge in [0.2, 0.25) is 0 Å². The Labute approximate surface area is 133 Å². The van der Waals surface area contributed by atoms with E-state index in [9.17, 15) is 5.11 Å². The Morgan fingerprint density at radius 2 is 2.05 bits per heavy atom. The average molecular weight is 311 g/mol. The standard InChI is InChI=1S/C17H27ClN2O/c1-13(2)10-19-11-15-3-4-16(9-17(15)18)20-7-5-14(12-21)6-8-20/h3-4,9,13-14,19,21H,5-8,10-12H2,1-2H3. The first-order valence-corrected chi connectivity index (χ1v) is 8.33. The summed E-state index contributed by atoms with van der Waals surface area (Å²) in [5.74, 6) is 1.12. The van der Waals surface area contributed by atoms with Crippen LogP contribution in [-0.4, -0.2) is 31.3 Å². The molecular formula is C17H27ClN2O. The van der Waals surface area contributed by atoms with E-state index in [4.69, 9.17) is 11.6 Å². The fourth-order valence-corrected chi connectivity index (χ4v) is 2.99. The van der Waals surface area contributed by atoms with Crippen LogP contribution in [0, 0.1) is 11.8 Å². The summed E-state index contributed by atoms with van der Waals surface area (Å²) in [5.41, 5.74) is 2.36. The molecule has 1 aromatic rings. The zero-order valence-electron chi connectivity index (χ0n) is 13.1. The summed E-state index contributed by atoms with van der Waals surface area (Å²) >= 11 is 6.41. The summed E-state index contributed by atoms with van der Waals surface area (Å²) in [6, 6.07) is 6.37. The van der Waals surface area contributed by atoms with Crippen molar-refractivity contribution in [2.75, 3.05) is 31.1 Å². The maximum absolute atomic E-state index is 9.20. The van der Waals surface area contributed by atoms with E-state index in [0.29, 0.717) is 18.4 Å². The van der Waals surface area contributed by atoms with Gasteiger partial charge in [-0.05, 0) is 48.9 Å². The average Bonchev–Trinajstić information content (AvgIpc) is 2.48. The summed E-state index contributed by atoms with van der Waals surface area (Å²) in [7, 11) is 0. The summed E-state index contributed by atoms with van der Waals surface area (Å²) < 4.78 is 0. The lowest BCUT2D eigenvalue weighted by Crippen LogP contribution is -2.34. The van der Waals surface area contributed by atoms with Gasteiger partial charge in [-0.1, -0.05) is 31.5 Å². The van der Waals surface area contributed by atoms with Crippen molar-refractivity contribution >= 4 is 17.3 Å². The van der Waals surface area contributed by atoms with Gasteiger partial charge in [0.15, 0.2) is 0 Å². The fourth-order valence-electron chi connectivity index (χ4n) is 2.75. The van der Waals surface area contributed by atoms with Gasteiger partial charge in [-0.3, -0.25) is 0 Å². The number of hydrogen-bond acceptors (Lipinski definition) is 3. The first-order valence-electron chi connectivity index (χ1n) is 7.95. The number of aliphatic hydroxyl groups is 1. The van der Waals surface area contributed by atoms with Crippen LogP contribution in [0.2, 0.25) is 5.02 Å². The topological polar surface area (TPSA) is 35.5 Å². The van der Waals surface area contributed by atoms with Crippen molar-refractivity contribution in [3.63, 3.8) is 0 Å². The molecule has 3 nitrogen and oxygen atoms in total. The van der Waals surface area contributed by atoms with Crippen LogP contribution in [0.3, 0.4) is 0 Å². The normalized spacial score (nSPS) is 16.7. The highest BCUT2D eigenvalue weighted by Gasteiger charge is 2.19. The van der Waals surface area contributed by atoms with Crippen molar-refractivity contribution in [1.29, 1.82) is 0 Å². The van der Waals surface area contributed by atoms with Crippen LogP contribution in [0.15, 0.2) is 18.2 Å². The third-order valence-electron chi connectivity index (χ3n) is 4.14. The van der Waals surface area contributed by atoms with Gasteiger partial charge < -0.3 is 15.3 Å². The number of halogens is 1. The number of nitrogens with one attached hydrogen (secondary N) is 1. The smallest absolute Gasteiger partial charge is 0.0471 e. The van der Waals surface area contributed by atoms with Crippen molar-refractivity contribution in [2.45, 2.75) is 33.2 Å². The summed E-state index contributed by atoms with van der Waals surface area (Å²) in [4.78, 5) is 2.36. The van der Waals surface area contributed by atoms with E-state index in [2.05, 4.69) is 42.3 Å². The van der Waals surface area contributed by atoms with Gasteiger partial charge in [0.25, 0.3) is 0 Å². The third-order valence-corrected chi connectivity index (χ3v) is 4.49. The minimum Gasteiger partial charge on any atom is -0.396 e. The molecule has 0 spiro atoms. The molecule has 1 aliphatic heterocycles. The molecule has 2 N–H and O–H groups in total. The predicted octanol–water partition coefficient (Wildman–Crippen LogP) is 3.29. The maximum Gasteiger partial charge on any atom is 0.0471 e. The van der Waals surface area contributed by atoms with Gasteiger partial charge in [0.1, 0.15) is 0 Å². The second-order valence-corrected chi connectivity index (χ2v) is 6.82. The van der Waals surface area contributed by atoms with E-state index in [0.717, 1.165) is 49.6 Å². The first-order chi connectivity index (χ1) is 10.1. The molecule has 0 amide bonds. The number of anilines is 1. The molecule has 1 saturated heterocycles. The van der Waals surface area contributed by atoms with Gasteiger partial charge in [0, 0.05) is 37.0 Å². The van der Waals surface area contributed by atoms with E-state index in [-0.39, 0.29) is 0 Å². The van der Waals surface area contributed by atoms with Gasteiger partial charge in [0.05, 0.1) is 0 Å². The van der Waals surface area contributed by atoms with E-state index >= 15 is 0 Å². The minimum absolute atomic E-state index is 0.315. The Bertz CT molecular complexity index is 442. The summed E-state index contributed by atoms with van der Waals surface area (Å²) in [6.07, 6.45) is 2.12. The van der Waals surface area contributed by atoms with Crippen LogP contribution in [0.1, 0.15) is 32.3 Å². The maximum atomic E-state index is 9.20. The molecule has 0 radical (unpaired) electrons. The van der Waals surface area contributed by atoms with E-state index in [1.54, 1.807) is 0 Å². The van der Waals surface area contributed by atoms with E-state index < -0.39 is 0 Å². The molecule has 0 saturated carbocycles. The highest BCUT2D eigenvalue weighted by atomic mass is 35.5. The van der Waals surface area contributed by atoms with E-state index in [1.807, 2.05) is 0 Å². The molecule has 0 atom stereocenters. The first kappa shape index (κ1) is 16.6. The predicted molar refractivity (Wildman–Crippen MR) is 90.0 cm³/mol. The third kappa shape index (κ3) is 4.87. The molecule has 2 rings (SSSR count). The van der Waals surface area contributed by atoms with Gasteiger partial charge >= 0.3 is 0 Å². The van der Waals surface area contributed by atoms with Crippen LogP contribution >= 0.6 is 11.6 Å². The Balaban J connectivity index is 1.92. The van der Waals surface area contributed by atoms with Crippen molar-refractivity contribution in [3.8, 4) is 0 Å². The number of rotatable bonds is 6. The van der Waals surface area contributed by atoms with Crippen LogP contribution in [0.25, 0.3) is 0 Å². The van der Waals surface area contributed by atoms with Crippen molar-refractivity contribution < 1.29 is 5.11 Å². The molecule has 1 aliphatic rings. The Morgan fingerprint density at radius 1 is 1.33 bits per heavy atom. The molecule has 1 fully saturated rings. The lowest BCUT2D eigenvalue weighted by atomic mass is 9.97. The van der Waals surface area contributed by atoms with Crippen LogP contribution in [0.4, 0.5) is 5.69 Å². The molecule has 0 aromatic heterocycles. The van der Waals surface area contributed by atoms with E-state index in [1.165, 1.54) is 5.69 Å². The molecule has 21 heavy (non-hydrogen) atoms. The molecule has 1 heterocycles. The van der Waals surface area contributed by atoms with Gasteiger partial charge in [-0.25, -0.2) is 0 Å². The number of benzene rings is 1. The quantitative estimate of drug-likeness (QED) is 0.846. The summed E-state index contributed by atoms with van der Waals surface area (Å²) in [6.45, 7) is 8.56. The lowest BCUT2D eigenvalue weighted by molar-refractivity contribution is 0.203. The molecule has 0 unspecified atom stereocenters. The van der Waals surface area contributed by atoms with Gasteiger partial charge in [-0.2, -0.15) is 0 Å². The molecule has 118 valence electrons. The highest BCUT2D eigenvalue weighted by Crippen LogP contribution is 2.27. The van der Waals surface area contributed by atoms with Crippen molar-refractivity contribution in [1.82, 2.24) is 5.32 Å². The minimum atomic E-state index is 0.315. The lowest BCUT2D eigenvalue weighted by Gasteiger charge is -2.33. The Hall–Kier alpha value is -0.770. The SMILES string of the molecule is CC(C)CNCc1ccc(N2CCC(CO)CC2)cc1Cl. The van der Waals surface area contributed by atoms with Crippen molar-refractivity contribution in [3.05, 3.63) is 28.8 Å².